The van der Waals surface area contributed by atoms with Crippen LogP contribution in [0.15, 0.2) is 41.3 Å². The lowest BCUT2D eigenvalue weighted by Gasteiger charge is -2.25. The van der Waals surface area contributed by atoms with E-state index in [9.17, 15) is 9.59 Å². The minimum Gasteiger partial charge on any atom is -0.497 e. The summed E-state index contributed by atoms with van der Waals surface area (Å²) in [5.41, 5.74) is 1.45. The Kier molecular flexibility index (Phi) is 4.55. The molecule has 0 fully saturated rings. The van der Waals surface area contributed by atoms with Gasteiger partial charge in [-0.15, -0.1) is 0 Å². The molecule has 1 N–H and O–H groups in total. The second kappa shape index (κ2) is 6.78. The first-order chi connectivity index (χ1) is 11.6. The monoisotopic (exact) mass is 328 g/mol. The molecule has 0 saturated carbocycles. The minimum absolute atomic E-state index is 0.140. The Bertz CT molecular complexity index is 813. The second-order valence-corrected chi connectivity index (χ2v) is 5.93. The van der Waals surface area contributed by atoms with Crippen molar-refractivity contribution in [1.82, 2.24) is 9.88 Å². The maximum Gasteiger partial charge on any atom is 0.252 e. The van der Waals surface area contributed by atoms with E-state index in [4.69, 9.17) is 9.47 Å². The van der Waals surface area contributed by atoms with Gasteiger partial charge in [-0.05, 0) is 24.1 Å². The van der Waals surface area contributed by atoms with Crippen LogP contribution in [0.25, 0.3) is 0 Å². The second-order valence-electron chi connectivity index (χ2n) is 5.93. The number of fused-ring (bicyclic) bond motifs is 1. The van der Waals surface area contributed by atoms with Gasteiger partial charge in [0.2, 0.25) is 5.56 Å². The predicted molar refractivity (Wildman–Crippen MR) is 89.7 cm³/mol. The maximum atomic E-state index is 12.2. The van der Waals surface area contributed by atoms with Crippen LogP contribution in [0, 0.1) is 5.92 Å². The molecule has 1 aromatic heterocycles. The zero-order valence-electron chi connectivity index (χ0n) is 13.7. The quantitative estimate of drug-likeness (QED) is 0.920. The van der Waals surface area contributed by atoms with Crippen LogP contribution in [-0.2, 0) is 13.5 Å². The summed E-state index contributed by atoms with van der Waals surface area (Å²) in [7, 11) is 3.25. The molecule has 126 valence electrons. The van der Waals surface area contributed by atoms with Gasteiger partial charge in [0.05, 0.1) is 19.3 Å². The Labute approximate surface area is 140 Å². The van der Waals surface area contributed by atoms with Crippen LogP contribution in [0.4, 0.5) is 0 Å². The molecule has 0 unspecified atom stereocenters. The molecule has 2 heterocycles. The summed E-state index contributed by atoms with van der Waals surface area (Å²) in [6, 6.07) is 8.72. The van der Waals surface area contributed by atoms with E-state index in [-0.39, 0.29) is 17.4 Å². The van der Waals surface area contributed by atoms with Crippen LogP contribution in [0.2, 0.25) is 0 Å². The zero-order chi connectivity index (χ0) is 17.1. The van der Waals surface area contributed by atoms with Gasteiger partial charge in [-0.1, -0.05) is 6.07 Å². The van der Waals surface area contributed by atoms with Crippen LogP contribution < -0.4 is 20.3 Å². The predicted octanol–water partition coefficient (Wildman–Crippen LogP) is 1.37. The number of rotatable bonds is 4. The topological polar surface area (TPSA) is 69.6 Å². The average molecular weight is 328 g/mol. The summed E-state index contributed by atoms with van der Waals surface area (Å²) in [5.74, 6) is 1.64. The molecule has 6 nitrogen and oxygen atoms in total. The third-order valence-corrected chi connectivity index (χ3v) is 4.16. The third-order valence-electron chi connectivity index (χ3n) is 4.16. The smallest absolute Gasteiger partial charge is 0.252 e. The number of nitrogens with one attached hydrogen (secondary N) is 1. The van der Waals surface area contributed by atoms with Gasteiger partial charge in [-0.25, -0.2) is 0 Å². The number of carbonyl (C=O) groups excluding carboxylic acids is 1. The number of amides is 1. The molecule has 1 amide bonds. The number of pyridine rings is 1. The highest BCUT2D eigenvalue weighted by Crippen LogP contribution is 2.30. The zero-order valence-corrected chi connectivity index (χ0v) is 13.7. The van der Waals surface area contributed by atoms with E-state index in [0.29, 0.717) is 18.7 Å². The van der Waals surface area contributed by atoms with Gasteiger partial charge < -0.3 is 19.4 Å². The number of aryl methyl sites for hydroxylation is 1. The van der Waals surface area contributed by atoms with Crippen molar-refractivity contribution >= 4 is 5.91 Å². The van der Waals surface area contributed by atoms with Crippen molar-refractivity contribution in [2.24, 2.45) is 13.0 Å². The molecule has 6 heteroatoms. The van der Waals surface area contributed by atoms with Gasteiger partial charge in [0, 0.05) is 37.8 Å². The summed E-state index contributed by atoms with van der Waals surface area (Å²) in [4.78, 5) is 23.6. The van der Waals surface area contributed by atoms with Gasteiger partial charge in [0.25, 0.3) is 5.91 Å². The van der Waals surface area contributed by atoms with E-state index in [1.165, 1.54) is 22.9 Å². The number of carbonyl (C=O) groups is 1. The van der Waals surface area contributed by atoms with Crippen LogP contribution in [0.1, 0.15) is 15.9 Å². The largest absolute Gasteiger partial charge is 0.497 e. The summed E-state index contributed by atoms with van der Waals surface area (Å²) in [5, 5.41) is 2.91. The highest BCUT2D eigenvalue weighted by Gasteiger charge is 2.21. The van der Waals surface area contributed by atoms with E-state index in [2.05, 4.69) is 5.32 Å². The Morgan fingerprint density at radius 2 is 2.21 bits per heavy atom. The third kappa shape index (κ3) is 3.42. The van der Waals surface area contributed by atoms with E-state index in [1.54, 1.807) is 14.2 Å². The fourth-order valence-electron chi connectivity index (χ4n) is 2.74. The number of aromatic nitrogens is 1. The molecule has 0 saturated heterocycles. The van der Waals surface area contributed by atoms with Crippen LogP contribution in [-0.4, -0.2) is 30.7 Å². The van der Waals surface area contributed by atoms with Crippen molar-refractivity contribution in [3.05, 3.63) is 58.0 Å². The number of hydrogen-bond acceptors (Lipinski definition) is 4. The molecule has 1 atom stereocenters. The first-order valence-corrected chi connectivity index (χ1v) is 7.81. The first kappa shape index (κ1) is 16.1. The van der Waals surface area contributed by atoms with Crippen LogP contribution in [0.3, 0.4) is 0 Å². The van der Waals surface area contributed by atoms with Crippen molar-refractivity contribution in [2.45, 2.75) is 6.42 Å². The molecule has 0 spiro atoms. The highest BCUT2D eigenvalue weighted by atomic mass is 16.5. The molecule has 2 aromatic rings. The lowest BCUT2D eigenvalue weighted by atomic mass is 9.96. The van der Waals surface area contributed by atoms with Gasteiger partial charge in [-0.3, -0.25) is 9.59 Å². The molecule has 3 rings (SSSR count). The van der Waals surface area contributed by atoms with E-state index >= 15 is 0 Å². The molecular formula is C18H20N2O4. The van der Waals surface area contributed by atoms with E-state index in [0.717, 1.165) is 23.5 Å². The van der Waals surface area contributed by atoms with Crippen LogP contribution >= 0.6 is 0 Å². The number of ether oxygens (including phenoxy) is 2. The Morgan fingerprint density at radius 3 is 2.96 bits per heavy atom. The first-order valence-electron chi connectivity index (χ1n) is 7.81. The van der Waals surface area contributed by atoms with Gasteiger partial charge in [0.1, 0.15) is 11.5 Å². The number of methoxy groups -OCH3 is 1. The summed E-state index contributed by atoms with van der Waals surface area (Å²) >= 11 is 0. The number of hydrogen-bond donors (Lipinski definition) is 1. The molecule has 1 aliphatic rings. The normalized spacial score (nSPS) is 16.0. The van der Waals surface area contributed by atoms with Crippen molar-refractivity contribution in [2.75, 3.05) is 20.3 Å². The fraction of sp³-hybridized carbons (Fsp3) is 0.333. The molecule has 1 aromatic carbocycles. The van der Waals surface area contributed by atoms with Crippen molar-refractivity contribution in [3.63, 3.8) is 0 Å². The minimum atomic E-state index is -0.189. The van der Waals surface area contributed by atoms with Gasteiger partial charge in [-0.2, -0.15) is 0 Å². The van der Waals surface area contributed by atoms with Gasteiger partial charge >= 0.3 is 0 Å². The molecule has 0 aliphatic carbocycles. The van der Waals surface area contributed by atoms with Crippen molar-refractivity contribution < 1.29 is 14.3 Å². The van der Waals surface area contributed by atoms with Crippen molar-refractivity contribution in [1.29, 1.82) is 0 Å². The lowest BCUT2D eigenvalue weighted by molar-refractivity contribution is 0.0938. The Balaban J connectivity index is 1.60. The Morgan fingerprint density at radius 1 is 1.38 bits per heavy atom. The van der Waals surface area contributed by atoms with Crippen LogP contribution in [0.5, 0.6) is 11.5 Å². The molecule has 1 aliphatic heterocycles. The van der Waals surface area contributed by atoms with E-state index in [1.807, 2.05) is 18.2 Å². The summed E-state index contributed by atoms with van der Waals surface area (Å²) < 4.78 is 12.4. The molecule has 24 heavy (non-hydrogen) atoms. The standard InChI is InChI=1S/C18H20N2O4/c1-20-10-14(4-6-17(20)21)18(22)19-9-12-7-13-3-5-15(23-2)8-16(13)24-11-12/h3-6,8,10,12H,7,9,11H2,1-2H3,(H,19,22)/t12-/m0/s1. The number of nitrogens with zero attached hydrogens (tertiary/aromatic N) is 1. The Hall–Kier alpha value is -2.76. The highest BCUT2D eigenvalue weighted by molar-refractivity contribution is 5.93. The summed E-state index contributed by atoms with van der Waals surface area (Å²) in [6.07, 6.45) is 2.38. The number of benzene rings is 1. The van der Waals surface area contributed by atoms with Crippen molar-refractivity contribution in [3.8, 4) is 11.5 Å². The van der Waals surface area contributed by atoms with E-state index < -0.39 is 0 Å². The lowest BCUT2D eigenvalue weighted by Crippen LogP contribution is -2.35. The average Bonchev–Trinajstić information content (AvgIpc) is 2.61. The van der Waals surface area contributed by atoms with Gasteiger partial charge in [0.15, 0.2) is 0 Å². The fourth-order valence-corrected chi connectivity index (χ4v) is 2.74. The maximum absolute atomic E-state index is 12.2. The molecular weight excluding hydrogens is 308 g/mol. The summed E-state index contributed by atoms with van der Waals surface area (Å²) in [6.45, 7) is 1.07. The molecule has 0 bridgehead atoms. The SMILES string of the molecule is COc1ccc2c(c1)OC[C@H](CNC(=O)c1ccc(=O)n(C)c1)C2. The molecule has 0 radical (unpaired) electrons.